The first-order valence-electron chi connectivity index (χ1n) is 5.15. The second-order valence-electron chi connectivity index (χ2n) is 3.71. The molecule has 0 fully saturated rings. The molecule has 0 aliphatic rings. The lowest BCUT2D eigenvalue weighted by Gasteiger charge is -2.10. The van der Waals surface area contributed by atoms with Crippen molar-refractivity contribution in [1.29, 1.82) is 0 Å². The zero-order valence-corrected chi connectivity index (χ0v) is 12.9. The third-order valence-corrected chi connectivity index (χ3v) is 4.58. The number of nitrogens with one attached hydrogen (secondary N) is 1. The summed E-state index contributed by atoms with van der Waals surface area (Å²) in [5.41, 5.74) is 0.621. The second kappa shape index (κ2) is 5.44. The minimum atomic E-state index is -3.76. The molecule has 1 N–H and O–H groups in total. The standard InChI is InChI=1S/C11H9BrClN3O2S/c1-7-2-3-8(12)6-9(7)19(17,18)16-11-10(13)14-4-5-15-11/h2-6H,1H3,(H,15,16). The number of sulfonamides is 1. The van der Waals surface area contributed by atoms with Crippen LogP contribution >= 0.6 is 27.5 Å². The van der Waals surface area contributed by atoms with Gasteiger partial charge in [0.15, 0.2) is 11.0 Å². The molecule has 0 radical (unpaired) electrons. The molecule has 5 nitrogen and oxygen atoms in total. The highest BCUT2D eigenvalue weighted by Crippen LogP contribution is 2.24. The summed E-state index contributed by atoms with van der Waals surface area (Å²) in [7, 11) is -3.76. The van der Waals surface area contributed by atoms with Crippen molar-refractivity contribution in [3.63, 3.8) is 0 Å². The molecule has 1 heterocycles. The molecule has 0 aliphatic heterocycles. The predicted octanol–water partition coefficient (Wildman–Crippen LogP) is 3.00. The number of halogens is 2. The zero-order chi connectivity index (χ0) is 14.0. The van der Waals surface area contributed by atoms with Crippen LogP contribution in [-0.2, 0) is 10.0 Å². The lowest BCUT2D eigenvalue weighted by Crippen LogP contribution is -2.15. The number of rotatable bonds is 3. The summed E-state index contributed by atoms with van der Waals surface area (Å²) in [6, 6.07) is 4.99. The fourth-order valence-electron chi connectivity index (χ4n) is 1.44. The van der Waals surface area contributed by atoms with E-state index in [0.29, 0.717) is 10.0 Å². The van der Waals surface area contributed by atoms with Gasteiger partial charge in [-0.1, -0.05) is 33.6 Å². The summed E-state index contributed by atoms with van der Waals surface area (Å²) in [4.78, 5) is 7.76. The summed E-state index contributed by atoms with van der Waals surface area (Å²) >= 11 is 9.02. The SMILES string of the molecule is Cc1ccc(Br)cc1S(=O)(=O)Nc1nccnc1Cl. The maximum absolute atomic E-state index is 12.3. The van der Waals surface area contributed by atoms with Crippen molar-refractivity contribution < 1.29 is 8.42 Å². The molecule has 1 aromatic heterocycles. The van der Waals surface area contributed by atoms with Crippen LogP contribution in [0.1, 0.15) is 5.56 Å². The molecule has 0 saturated heterocycles. The Balaban J connectivity index is 2.44. The molecule has 0 spiro atoms. The first kappa shape index (κ1) is 14.2. The summed E-state index contributed by atoms with van der Waals surface area (Å²) in [6.45, 7) is 1.71. The lowest BCUT2D eigenvalue weighted by atomic mass is 10.2. The Morgan fingerprint density at radius 2 is 1.95 bits per heavy atom. The van der Waals surface area contributed by atoms with Crippen LogP contribution in [0.5, 0.6) is 0 Å². The van der Waals surface area contributed by atoms with Crippen molar-refractivity contribution in [3.05, 3.63) is 45.8 Å². The van der Waals surface area contributed by atoms with Gasteiger partial charge >= 0.3 is 0 Å². The Hall–Kier alpha value is -1.18. The van der Waals surface area contributed by atoms with E-state index in [9.17, 15) is 8.42 Å². The molecular weight excluding hydrogens is 354 g/mol. The molecule has 0 unspecified atom stereocenters. The van der Waals surface area contributed by atoms with Gasteiger partial charge in [0, 0.05) is 16.9 Å². The monoisotopic (exact) mass is 361 g/mol. The summed E-state index contributed by atoms with van der Waals surface area (Å²) in [6.07, 6.45) is 2.74. The van der Waals surface area contributed by atoms with Gasteiger partial charge in [-0.3, -0.25) is 4.72 Å². The number of hydrogen-bond acceptors (Lipinski definition) is 4. The highest BCUT2D eigenvalue weighted by atomic mass is 79.9. The number of aromatic nitrogens is 2. The van der Waals surface area contributed by atoms with Gasteiger partial charge < -0.3 is 0 Å². The van der Waals surface area contributed by atoms with Gasteiger partial charge in [0.2, 0.25) is 0 Å². The van der Waals surface area contributed by atoms with Crippen LogP contribution in [0, 0.1) is 6.92 Å². The molecule has 8 heteroatoms. The van der Waals surface area contributed by atoms with E-state index in [1.807, 2.05) is 0 Å². The largest absolute Gasteiger partial charge is 0.263 e. The van der Waals surface area contributed by atoms with Crippen molar-refractivity contribution in [2.24, 2.45) is 0 Å². The minimum Gasteiger partial charge on any atom is -0.261 e. The van der Waals surface area contributed by atoms with Gasteiger partial charge in [-0.05, 0) is 24.6 Å². The highest BCUT2D eigenvalue weighted by molar-refractivity contribution is 9.10. The van der Waals surface area contributed by atoms with E-state index in [-0.39, 0.29) is 15.9 Å². The highest BCUT2D eigenvalue weighted by Gasteiger charge is 2.19. The fraction of sp³-hybridized carbons (Fsp3) is 0.0909. The average Bonchev–Trinajstić information content (AvgIpc) is 2.35. The van der Waals surface area contributed by atoms with Crippen LogP contribution < -0.4 is 4.72 Å². The number of nitrogens with zero attached hydrogens (tertiary/aromatic N) is 2. The third kappa shape index (κ3) is 3.23. The number of aryl methyl sites for hydroxylation is 1. The summed E-state index contributed by atoms with van der Waals surface area (Å²) < 4.78 is 27.5. The first-order valence-corrected chi connectivity index (χ1v) is 7.81. The van der Waals surface area contributed by atoms with Gasteiger partial charge in [0.1, 0.15) is 0 Å². The van der Waals surface area contributed by atoms with E-state index in [2.05, 4.69) is 30.6 Å². The topological polar surface area (TPSA) is 72.0 Å². The van der Waals surface area contributed by atoms with E-state index in [1.54, 1.807) is 19.1 Å². The van der Waals surface area contributed by atoms with E-state index in [1.165, 1.54) is 18.5 Å². The van der Waals surface area contributed by atoms with Crippen molar-refractivity contribution in [1.82, 2.24) is 9.97 Å². The van der Waals surface area contributed by atoms with Crippen LogP contribution in [0.4, 0.5) is 5.82 Å². The van der Waals surface area contributed by atoms with Crippen LogP contribution in [0.3, 0.4) is 0 Å². The minimum absolute atomic E-state index is 0.00118. The number of anilines is 1. The molecule has 0 saturated carbocycles. The van der Waals surface area contributed by atoms with Crippen LogP contribution in [0.2, 0.25) is 5.15 Å². The van der Waals surface area contributed by atoms with E-state index in [4.69, 9.17) is 11.6 Å². The van der Waals surface area contributed by atoms with E-state index >= 15 is 0 Å². The smallest absolute Gasteiger partial charge is 0.261 e. The maximum Gasteiger partial charge on any atom is 0.263 e. The molecule has 0 amide bonds. The Bertz CT molecular complexity index is 722. The molecule has 0 atom stereocenters. The zero-order valence-electron chi connectivity index (χ0n) is 9.76. The Morgan fingerprint density at radius 3 is 2.63 bits per heavy atom. The van der Waals surface area contributed by atoms with E-state index in [0.717, 1.165) is 0 Å². The first-order chi connectivity index (χ1) is 8.90. The molecular formula is C11H9BrClN3O2S. The molecule has 100 valence electrons. The van der Waals surface area contributed by atoms with Crippen LogP contribution in [0.25, 0.3) is 0 Å². The third-order valence-electron chi connectivity index (χ3n) is 2.32. The second-order valence-corrected chi connectivity index (χ2v) is 6.64. The van der Waals surface area contributed by atoms with Crippen molar-refractivity contribution in [3.8, 4) is 0 Å². The summed E-state index contributed by atoms with van der Waals surface area (Å²) in [5.74, 6) is 0.00328. The average molecular weight is 363 g/mol. The van der Waals surface area contributed by atoms with Crippen LogP contribution in [0.15, 0.2) is 40.0 Å². The van der Waals surface area contributed by atoms with Gasteiger partial charge in [-0.2, -0.15) is 0 Å². The van der Waals surface area contributed by atoms with Crippen molar-refractivity contribution in [2.75, 3.05) is 4.72 Å². The van der Waals surface area contributed by atoms with Crippen LogP contribution in [-0.4, -0.2) is 18.4 Å². The maximum atomic E-state index is 12.3. The van der Waals surface area contributed by atoms with Crippen molar-refractivity contribution in [2.45, 2.75) is 11.8 Å². The quantitative estimate of drug-likeness (QED) is 0.911. The molecule has 19 heavy (non-hydrogen) atoms. The molecule has 0 aliphatic carbocycles. The Morgan fingerprint density at radius 1 is 1.26 bits per heavy atom. The molecule has 2 rings (SSSR count). The van der Waals surface area contributed by atoms with Gasteiger partial charge in [-0.25, -0.2) is 18.4 Å². The molecule has 1 aromatic carbocycles. The lowest BCUT2D eigenvalue weighted by molar-refractivity contribution is 0.600. The fourth-order valence-corrected chi connectivity index (χ4v) is 3.44. The van der Waals surface area contributed by atoms with Gasteiger partial charge in [0.25, 0.3) is 10.0 Å². The number of hydrogen-bond donors (Lipinski definition) is 1. The van der Waals surface area contributed by atoms with Gasteiger partial charge in [-0.15, -0.1) is 0 Å². The molecule has 2 aromatic rings. The van der Waals surface area contributed by atoms with Gasteiger partial charge in [0.05, 0.1) is 4.90 Å². The number of benzene rings is 1. The molecule has 0 bridgehead atoms. The van der Waals surface area contributed by atoms with Crippen molar-refractivity contribution >= 4 is 43.4 Å². The Labute approximate surface area is 124 Å². The normalized spacial score (nSPS) is 11.3. The predicted molar refractivity (Wildman–Crippen MR) is 76.7 cm³/mol. The van der Waals surface area contributed by atoms with E-state index < -0.39 is 10.0 Å². The summed E-state index contributed by atoms with van der Waals surface area (Å²) in [5, 5.41) is -0.00118. The Kier molecular flexibility index (Phi) is 4.07.